The topological polar surface area (TPSA) is 99.3 Å². The number of fused-ring (bicyclic) bond motifs is 5. The van der Waals surface area contributed by atoms with Crippen molar-refractivity contribution in [1.29, 1.82) is 5.41 Å². The number of hydrogen-bond donors (Lipinski definition) is 2. The van der Waals surface area contributed by atoms with Gasteiger partial charge in [-0.3, -0.25) is 15.1 Å². The Balaban J connectivity index is 1.33. The molecule has 4 bridgehead atoms. The van der Waals surface area contributed by atoms with Gasteiger partial charge in [0.15, 0.2) is 11.4 Å². The molecule has 2 saturated carbocycles. The van der Waals surface area contributed by atoms with E-state index >= 15 is 0 Å². The Morgan fingerprint density at radius 3 is 2.18 bits per heavy atom. The van der Waals surface area contributed by atoms with Gasteiger partial charge in [0.1, 0.15) is 0 Å². The van der Waals surface area contributed by atoms with Crippen LogP contribution in [-0.2, 0) is 4.79 Å². The summed E-state index contributed by atoms with van der Waals surface area (Å²) < 4.78 is 1.78. The number of nitrogens with zero attached hydrogens (tertiary/aromatic N) is 3. The maximum atomic E-state index is 13.5. The van der Waals surface area contributed by atoms with E-state index in [1.807, 2.05) is 18.2 Å². The van der Waals surface area contributed by atoms with Crippen LogP contribution in [0.1, 0.15) is 82.4 Å². The third-order valence-electron chi connectivity index (χ3n) is 9.15. The van der Waals surface area contributed by atoms with Crippen molar-refractivity contribution in [2.24, 2.45) is 11.8 Å². The minimum absolute atomic E-state index is 0.0142. The van der Waals surface area contributed by atoms with Crippen LogP contribution in [0.4, 0.5) is 0 Å². The fourth-order valence-corrected chi connectivity index (χ4v) is 7.88. The number of carboxylic acid groups (broad SMARTS) is 1. The van der Waals surface area contributed by atoms with Gasteiger partial charge in [-0.1, -0.05) is 37.8 Å². The summed E-state index contributed by atoms with van der Waals surface area (Å²) in [5, 5.41) is 17.3. The van der Waals surface area contributed by atoms with Crippen molar-refractivity contribution in [2.75, 3.05) is 0 Å². The largest absolute Gasteiger partial charge is 0.476 e. The predicted octanol–water partition coefficient (Wildman–Crippen LogP) is 4.38. The van der Waals surface area contributed by atoms with Crippen LogP contribution in [0.5, 0.6) is 0 Å². The number of hydrogen-bond acceptors (Lipinski definition) is 5. The SMILES string of the molecule is N=C(C(=O)O)c1nc2ccccc2n(C2C[C@H]3CC[C@@H](C2)N3C2CC3CCCCC(C3)C2)c1=O. The van der Waals surface area contributed by atoms with Crippen LogP contribution in [0, 0.1) is 17.2 Å². The van der Waals surface area contributed by atoms with Gasteiger partial charge < -0.3 is 9.67 Å². The molecule has 1 aromatic heterocycles. The normalized spacial score (nSPS) is 33.5. The fraction of sp³-hybridized carbons (Fsp3) is 0.630. The molecule has 7 heteroatoms. The standard InChI is InChI=1S/C27H34N4O3/c28-24(27(33)34)25-26(32)31(23-8-4-3-7-22(23)29-25)21-14-18-9-10-19(15-21)30(18)20-12-16-5-1-2-6-17(11-16)13-20/h3-4,7-8,16-21,28H,1-2,5-6,9-15H2,(H,33,34)/t16?,17?,18-,19+,20?,21?. The van der Waals surface area contributed by atoms with E-state index in [2.05, 4.69) is 9.88 Å². The summed E-state index contributed by atoms with van der Waals surface area (Å²) in [6, 6.07) is 9.10. The van der Waals surface area contributed by atoms with Gasteiger partial charge in [-0.05, 0) is 68.9 Å². The Hall–Kier alpha value is -2.54. The van der Waals surface area contributed by atoms with Crippen molar-refractivity contribution in [2.45, 2.75) is 94.8 Å². The zero-order chi connectivity index (χ0) is 23.4. The molecule has 1 aromatic carbocycles. The van der Waals surface area contributed by atoms with Gasteiger partial charge in [0.25, 0.3) is 5.56 Å². The summed E-state index contributed by atoms with van der Waals surface area (Å²) in [5.74, 6) is 0.361. The average molecular weight is 463 g/mol. The quantitative estimate of drug-likeness (QED) is 0.657. The van der Waals surface area contributed by atoms with Crippen LogP contribution >= 0.6 is 0 Å². The molecule has 34 heavy (non-hydrogen) atoms. The molecule has 2 N–H and O–H groups in total. The molecule has 0 spiro atoms. The van der Waals surface area contributed by atoms with E-state index in [1.165, 1.54) is 57.8 Å². The smallest absolute Gasteiger partial charge is 0.356 e. The number of para-hydroxylation sites is 2. The lowest BCUT2D eigenvalue weighted by Crippen LogP contribution is -2.52. The summed E-state index contributed by atoms with van der Waals surface area (Å²) in [5.41, 5.74) is -0.0927. The molecule has 2 saturated heterocycles. The highest BCUT2D eigenvalue weighted by atomic mass is 16.4. The van der Waals surface area contributed by atoms with Gasteiger partial charge in [0.2, 0.25) is 0 Å². The number of benzene rings is 1. The molecule has 2 aromatic rings. The molecule has 2 aliphatic carbocycles. The maximum absolute atomic E-state index is 13.5. The van der Waals surface area contributed by atoms with E-state index in [1.54, 1.807) is 10.6 Å². The molecule has 5 atom stereocenters. The zero-order valence-electron chi connectivity index (χ0n) is 19.7. The van der Waals surface area contributed by atoms with Gasteiger partial charge >= 0.3 is 5.97 Å². The second kappa shape index (κ2) is 8.59. The second-order valence-electron chi connectivity index (χ2n) is 11.1. The minimum Gasteiger partial charge on any atom is -0.476 e. The molecular formula is C27H34N4O3. The minimum atomic E-state index is -1.42. The van der Waals surface area contributed by atoms with Crippen molar-refractivity contribution in [3.05, 3.63) is 40.3 Å². The molecule has 180 valence electrons. The van der Waals surface area contributed by atoms with Gasteiger partial charge in [-0.15, -0.1) is 0 Å². The first-order valence-electron chi connectivity index (χ1n) is 13.1. The molecular weight excluding hydrogens is 428 g/mol. The molecule has 4 fully saturated rings. The highest BCUT2D eigenvalue weighted by Gasteiger charge is 2.47. The van der Waals surface area contributed by atoms with Gasteiger partial charge in [0, 0.05) is 24.2 Å². The first-order valence-corrected chi connectivity index (χ1v) is 13.1. The molecule has 0 amide bonds. The Kier molecular flexibility index (Phi) is 5.55. The molecule has 6 rings (SSSR count). The van der Waals surface area contributed by atoms with Crippen LogP contribution in [0.15, 0.2) is 29.1 Å². The number of rotatable bonds is 4. The van der Waals surface area contributed by atoms with E-state index in [0.29, 0.717) is 23.6 Å². The summed E-state index contributed by atoms with van der Waals surface area (Å²) >= 11 is 0. The van der Waals surface area contributed by atoms with Crippen LogP contribution in [0.25, 0.3) is 11.0 Å². The van der Waals surface area contributed by atoms with Crippen molar-refractivity contribution in [1.82, 2.24) is 14.5 Å². The second-order valence-corrected chi connectivity index (χ2v) is 11.1. The van der Waals surface area contributed by atoms with E-state index in [-0.39, 0.29) is 11.7 Å². The molecule has 3 heterocycles. The van der Waals surface area contributed by atoms with E-state index < -0.39 is 17.2 Å². The lowest BCUT2D eigenvalue weighted by atomic mass is 9.76. The van der Waals surface area contributed by atoms with Gasteiger partial charge in [0.05, 0.1) is 11.0 Å². The Bertz CT molecular complexity index is 1160. The lowest BCUT2D eigenvalue weighted by Gasteiger charge is -2.48. The van der Waals surface area contributed by atoms with Gasteiger partial charge in [-0.2, -0.15) is 0 Å². The molecule has 3 unspecified atom stereocenters. The van der Waals surface area contributed by atoms with E-state index in [9.17, 15) is 14.7 Å². The molecule has 2 aliphatic heterocycles. The lowest BCUT2D eigenvalue weighted by molar-refractivity contribution is -0.129. The fourth-order valence-electron chi connectivity index (χ4n) is 7.88. The summed E-state index contributed by atoms with van der Waals surface area (Å²) in [6.45, 7) is 0. The first-order chi connectivity index (χ1) is 16.5. The molecule has 7 nitrogen and oxygen atoms in total. The number of carboxylic acids is 1. The first kappa shape index (κ1) is 22.0. The Labute approximate surface area is 199 Å². The van der Waals surface area contributed by atoms with E-state index in [0.717, 1.165) is 30.2 Å². The molecule has 0 radical (unpaired) electrons. The number of aromatic nitrogens is 2. The van der Waals surface area contributed by atoms with Crippen LogP contribution in [0.3, 0.4) is 0 Å². The molecule has 4 aliphatic rings. The highest BCUT2D eigenvalue weighted by molar-refractivity contribution is 6.40. The zero-order valence-corrected chi connectivity index (χ0v) is 19.7. The predicted molar refractivity (Wildman–Crippen MR) is 130 cm³/mol. The number of carbonyl (C=O) groups is 1. The summed E-state index contributed by atoms with van der Waals surface area (Å²) in [4.78, 5) is 32.1. The number of piperidine rings is 1. The number of nitrogens with one attached hydrogen (secondary N) is 1. The van der Waals surface area contributed by atoms with Gasteiger partial charge in [-0.25, -0.2) is 9.78 Å². The van der Waals surface area contributed by atoms with E-state index in [4.69, 9.17) is 5.41 Å². The van der Waals surface area contributed by atoms with Crippen LogP contribution < -0.4 is 5.56 Å². The summed E-state index contributed by atoms with van der Waals surface area (Å²) in [7, 11) is 0. The summed E-state index contributed by atoms with van der Waals surface area (Å²) in [6.07, 6.45) is 13.9. The average Bonchev–Trinajstić information content (AvgIpc) is 2.98. The van der Waals surface area contributed by atoms with Crippen molar-refractivity contribution in [3.63, 3.8) is 0 Å². The Morgan fingerprint density at radius 1 is 0.882 bits per heavy atom. The Morgan fingerprint density at radius 2 is 1.53 bits per heavy atom. The van der Waals surface area contributed by atoms with Crippen LogP contribution in [-0.4, -0.2) is 49.4 Å². The van der Waals surface area contributed by atoms with Crippen LogP contribution in [0.2, 0.25) is 0 Å². The highest BCUT2D eigenvalue weighted by Crippen LogP contribution is 2.47. The number of aliphatic carboxylic acids is 1. The maximum Gasteiger partial charge on any atom is 0.356 e. The van der Waals surface area contributed by atoms with Crippen molar-refractivity contribution in [3.8, 4) is 0 Å². The van der Waals surface area contributed by atoms with Crippen molar-refractivity contribution < 1.29 is 9.90 Å². The third-order valence-corrected chi connectivity index (χ3v) is 9.15. The monoisotopic (exact) mass is 462 g/mol. The van der Waals surface area contributed by atoms with Crippen molar-refractivity contribution >= 4 is 22.7 Å². The third kappa shape index (κ3) is 3.69.